The fourth-order valence-electron chi connectivity index (χ4n) is 4.52. The van der Waals surface area contributed by atoms with Crippen molar-refractivity contribution in [1.82, 2.24) is 25.0 Å². The van der Waals surface area contributed by atoms with Gasteiger partial charge in [0.1, 0.15) is 11.6 Å². The molecule has 3 heterocycles. The molecule has 1 saturated heterocycles. The summed E-state index contributed by atoms with van der Waals surface area (Å²) in [7, 11) is 0. The predicted molar refractivity (Wildman–Crippen MR) is 125 cm³/mol. The highest BCUT2D eigenvalue weighted by atomic mass is 19.1. The normalized spacial score (nSPS) is 15.6. The van der Waals surface area contributed by atoms with Crippen LogP contribution in [-0.2, 0) is 24.3 Å². The molecule has 2 aromatic carbocycles. The molecular formula is C25H25FN6O3. The Morgan fingerprint density at radius 1 is 0.943 bits per heavy atom. The summed E-state index contributed by atoms with van der Waals surface area (Å²) >= 11 is 0. The monoisotopic (exact) mass is 476 g/mol. The number of aromatic nitrogens is 3. The van der Waals surface area contributed by atoms with Gasteiger partial charge in [-0.1, -0.05) is 12.1 Å². The van der Waals surface area contributed by atoms with Crippen LogP contribution in [0.1, 0.15) is 45.2 Å². The number of amides is 3. The summed E-state index contributed by atoms with van der Waals surface area (Å²) in [6.45, 7) is 2.25. The van der Waals surface area contributed by atoms with Gasteiger partial charge in [-0.05, 0) is 42.8 Å². The third-order valence-corrected chi connectivity index (χ3v) is 6.36. The first-order valence-electron chi connectivity index (χ1n) is 11.6. The zero-order chi connectivity index (χ0) is 24.4. The fourth-order valence-corrected chi connectivity index (χ4v) is 4.52. The third kappa shape index (κ3) is 4.77. The molecule has 0 saturated carbocycles. The molecule has 35 heavy (non-hydrogen) atoms. The maximum atomic E-state index is 13.4. The number of carbonyl (C=O) groups is 3. The molecule has 0 atom stereocenters. The molecule has 0 bridgehead atoms. The highest BCUT2D eigenvalue weighted by Crippen LogP contribution is 2.23. The summed E-state index contributed by atoms with van der Waals surface area (Å²) in [5.74, 6) is 0.428. The number of rotatable bonds is 5. The summed E-state index contributed by atoms with van der Waals surface area (Å²) in [6.07, 6.45) is 1.89. The van der Waals surface area contributed by atoms with Crippen molar-refractivity contribution in [2.45, 2.75) is 32.4 Å². The van der Waals surface area contributed by atoms with Gasteiger partial charge >= 0.3 is 0 Å². The van der Waals surface area contributed by atoms with Gasteiger partial charge in [-0.15, -0.1) is 10.2 Å². The lowest BCUT2D eigenvalue weighted by molar-refractivity contribution is -0.117. The van der Waals surface area contributed by atoms with Gasteiger partial charge in [0.05, 0.1) is 6.54 Å². The second kappa shape index (κ2) is 9.65. The number of carbonyl (C=O) groups excluding carboxylic acids is 3. The number of nitrogens with one attached hydrogen (secondary N) is 1. The van der Waals surface area contributed by atoms with E-state index in [1.807, 2.05) is 10.6 Å². The van der Waals surface area contributed by atoms with Crippen molar-refractivity contribution in [3.05, 3.63) is 77.1 Å². The smallest absolute Gasteiger partial charge is 0.254 e. The molecule has 3 aromatic rings. The van der Waals surface area contributed by atoms with Crippen LogP contribution >= 0.6 is 0 Å². The molecule has 0 aliphatic carbocycles. The lowest BCUT2D eigenvalue weighted by Crippen LogP contribution is -2.34. The third-order valence-electron chi connectivity index (χ3n) is 6.36. The number of halogens is 1. The van der Waals surface area contributed by atoms with Gasteiger partial charge in [-0.3, -0.25) is 14.4 Å². The molecule has 1 aromatic heterocycles. The summed E-state index contributed by atoms with van der Waals surface area (Å²) < 4.78 is 15.3. The Morgan fingerprint density at radius 3 is 2.57 bits per heavy atom. The van der Waals surface area contributed by atoms with E-state index in [2.05, 4.69) is 15.5 Å². The van der Waals surface area contributed by atoms with Gasteiger partial charge in [0.15, 0.2) is 5.82 Å². The quantitative estimate of drug-likeness (QED) is 0.608. The first-order valence-corrected chi connectivity index (χ1v) is 11.6. The van der Waals surface area contributed by atoms with Crippen LogP contribution in [0.25, 0.3) is 0 Å². The molecule has 3 amide bonds. The Kier molecular flexibility index (Phi) is 6.26. The minimum atomic E-state index is -0.476. The topological polar surface area (TPSA) is 100 Å². The minimum absolute atomic E-state index is 0.0827. The van der Waals surface area contributed by atoms with Crippen molar-refractivity contribution in [1.29, 1.82) is 0 Å². The maximum absolute atomic E-state index is 13.4. The van der Waals surface area contributed by atoms with Crippen LogP contribution in [0.15, 0.2) is 48.5 Å². The number of hydrogen-bond donors (Lipinski definition) is 1. The van der Waals surface area contributed by atoms with Gasteiger partial charge in [-0.2, -0.15) is 0 Å². The molecule has 1 N–H and O–H groups in total. The summed E-state index contributed by atoms with van der Waals surface area (Å²) in [5.41, 5.74) is 1.53. The summed E-state index contributed by atoms with van der Waals surface area (Å²) in [4.78, 5) is 41.2. The van der Waals surface area contributed by atoms with Crippen LogP contribution in [0, 0.1) is 5.82 Å². The Labute approximate surface area is 201 Å². The van der Waals surface area contributed by atoms with E-state index in [-0.39, 0.29) is 23.9 Å². The highest BCUT2D eigenvalue weighted by molar-refractivity contribution is 5.99. The van der Waals surface area contributed by atoms with Crippen molar-refractivity contribution >= 4 is 23.4 Å². The van der Waals surface area contributed by atoms with Crippen molar-refractivity contribution in [2.24, 2.45) is 0 Å². The van der Waals surface area contributed by atoms with Gasteiger partial charge in [0.25, 0.3) is 11.8 Å². The molecule has 5 rings (SSSR count). The number of nitrogens with zero attached hydrogens (tertiary/aromatic N) is 5. The second-order valence-corrected chi connectivity index (χ2v) is 8.62. The van der Waals surface area contributed by atoms with Gasteiger partial charge < -0.3 is 19.7 Å². The molecule has 10 heteroatoms. The van der Waals surface area contributed by atoms with E-state index in [0.29, 0.717) is 50.4 Å². The first-order chi connectivity index (χ1) is 17.0. The molecule has 0 radical (unpaired) electrons. The molecule has 2 aliphatic heterocycles. The summed E-state index contributed by atoms with van der Waals surface area (Å²) in [5, 5.41) is 11.2. The van der Waals surface area contributed by atoms with Crippen LogP contribution < -0.4 is 10.2 Å². The van der Waals surface area contributed by atoms with Crippen LogP contribution in [-0.4, -0.2) is 57.0 Å². The van der Waals surface area contributed by atoms with Crippen molar-refractivity contribution in [3.63, 3.8) is 0 Å². The first kappa shape index (κ1) is 22.7. The van der Waals surface area contributed by atoms with Crippen molar-refractivity contribution in [3.8, 4) is 0 Å². The van der Waals surface area contributed by atoms with Gasteiger partial charge in [0, 0.05) is 55.8 Å². The largest absolute Gasteiger partial charge is 0.345 e. The number of anilines is 1. The van der Waals surface area contributed by atoms with Gasteiger partial charge in [-0.25, -0.2) is 4.39 Å². The molecule has 180 valence electrons. The van der Waals surface area contributed by atoms with E-state index in [4.69, 9.17) is 0 Å². The van der Waals surface area contributed by atoms with E-state index in [1.54, 1.807) is 34.1 Å². The molecule has 2 aliphatic rings. The fraction of sp³-hybridized carbons (Fsp3) is 0.320. The number of benzene rings is 2. The SMILES string of the molecule is O=C(NCc1nnc2n1CCN(C(=O)c1cccc(N3CCCC3=O)c1)CC2)c1cccc(F)c1. The predicted octanol–water partition coefficient (Wildman–Crippen LogP) is 2.17. The Hall–Kier alpha value is -4.08. The molecule has 0 unspecified atom stereocenters. The number of hydrogen-bond acceptors (Lipinski definition) is 5. The minimum Gasteiger partial charge on any atom is -0.345 e. The van der Waals surface area contributed by atoms with E-state index in [0.717, 1.165) is 17.9 Å². The van der Waals surface area contributed by atoms with Crippen LogP contribution in [0.2, 0.25) is 0 Å². The Balaban J connectivity index is 1.24. The molecular weight excluding hydrogens is 451 g/mol. The van der Waals surface area contributed by atoms with Crippen LogP contribution in [0.5, 0.6) is 0 Å². The molecule has 0 spiro atoms. The van der Waals surface area contributed by atoms with Crippen LogP contribution in [0.4, 0.5) is 10.1 Å². The zero-order valence-electron chi connectivity index (χ0n) is 19.1. The lowest BCUT2D eigenvalue weighted by atomic mass is 10.1. The van der Waals surface area contributed by atoms with E-state index in [1.165, 1.54) is 18.2 Å². The lowest BCUT2D eigenvalue weighted by Gasteiger charge is -2.22. The Morgan fingerprint density at radius 2 is 1.77 bits per heavy atom. The van der Waals surface area contributed by atoms with Crippen molar-refractivity contribution < 1.29 is 18.8 Å². The maximum Gasteiger partial charge on any atom is 0.254 e. The molecule has 9 nitrogen and oxygen atoms in total. The number of fused-ring (bicyclic) bond motifs is 1. The van der Waals surface area contributed by atoms with Crippen LogP contribution in [0.3, 0.4) is 0 Å². The molecule has 1 fully saturated rings. The standard InChI is InChI=1S/C25H25FN6O3/c26-19-6-1-4-17(14-19)24(34)27-16-22-29-28-21-9-11-30(12-13-32(21)22)25(35)18-5-2-7-20(15-18)31-10-3-8-23(31)33/h1-2,4-7,14-15H,3,8-13,16H2,(H,27,34). The second-order valence-electron chi connectivity index (χ2n) is 8.62. The zero-order valence-corrected chi connectivity index (χ0v) is 19.1. The highest BCUT2D eigenvalue weighted by Gasteiger charge is 2.25. The van der Waals surface area contributed by atoms with Crippen molar-refractivity contribution in [2.75, 3.05) is 24.5 Å². The van der Waals surface area contributed by atoms with E-state index in [9.17, 15) is 18.8 Å². The Bertz CT molecular complexity index is 1290. The van der Waals surface area contributed by atoms with E-state index < -0.39 is 11.7 Å². The average molecular weight is 477 g/mol. The summed E-state index contributed by atoms with van der Waals surface area (Å²) in [6, 6.07) is 12.7. The van der Waals surface area contributed by atoms with Gasteiger partial charge in [0.2, 0.25) is 5.91 Å². The van der Waals surface area contributed by atoms with E-state index >= 15 is 0 Å². The average Bonchev–Trinajstić information content (AvgIpc) is 3.41.